The van der Waals surface area contributed by atoms with Crippen molar-refractivity contribution in [2.24, 2.45) is 4.99 Å². The minimum absolute atomic E-state index is 0.376. The van der Waals surface area contributed by atoms with Gasteiger partial charge in [0.2, 0.25) is 0 Å². The SMILES string of the molecule is ONC(=Nc1ccccc1)c1cccc2cn[nH]c12. The molecule has 0 saturated heterocycles. The number of nitrogens with zero attached hydrogens (tertiary/aromatic N) is 2. The van der Waals surface area contributed by atoms with Gasteiger partial charge in [-0.1, -0.05) is 30.3 Å². The van der Waals surface area contributed by atoms with Gasteiger partial charge in [-0.15, -0.1) is 0 Å². The van der Waals surface area contributed by atoms with E-state index in [2.05, 4.69) is 20.7 Å². The Morgan fingerprint density at radius 3 is 2.74 bits per heavy atom. The third-order valence-electron chi connectivity index (χ3n) is 2.83. The number of benzene rings is 2. The summed E-state index contributed by atoms with van der Waals surface area (Å²) in [4.78, 5) is 4.38. The second-order valence-electron chi connectivity index (χ2n) is 4.05. The van der Waals surface area contributed by atoms with Crippen LogP contribution in [0.1, 0.15) is 5.56 Å². The zero-order valence-corrected chi connectivity index (χ0v) is 10.0. The van der Waals surface area contributed by atoms with Crippen LogP contribution in [0.15, 0.2) is 59.7 Å². The third kappa shape index (κ3) is 2.19. The van der Waals surface area contributed by atoms with Crippen LogP contribution >= 0.6 is 0 Å². The van der Waals surface area contributed by atoms with Crippen molar-refractivity contribution in [2.45, 2.75) is 0 Å². The maximum absolute atomic E-state index is 9.32. The predicted molar refractivity (Wildman–Crippen MR) is 73.7 cm³/mol. The van der Waals surface area contributed by atoms with E-state index in [0.29, 0.717) is 5.84 Å². The summed E-state index contributed by atoms with van der Waals surface area (Å²) in [7, 11) is 0. The smallest absolute Gasteiger partial charge is 0.159 e. The van der Waals surface area contributed by atoms with Gasteiger partial charge < -0.3 is 0 Å². The molecule has 1 aromatic heterocycles. The lowest BCUT2D eigenvalue weighted by Gasteiger charge is -2.06. The minimum Gasteiger partial charge on any atom is -0.290 e. The number of aromatic amines is 1. The maximum atomic E-state index is 9.32. The molecule has 1 heterocycles. The second kappa shape index (κ2) is 4.91. The Bertz CT molecular complexity index is 718. The van der Waals surface area contributed by atoms with E-state index in [1.54, 1.807) is 6.20 Å². The van der Waals surface area contributed by atoms with Crippen molar-refractivity contribution in [3.63, 3.8) is 0 Å². The van der Waals surface area contributed by atoms with Gasteiger partial charge in [0.25, 0.3) is 0 Å². The molecule has 0 atom stereocenters. The predicted octanol–water partition coefficient (Wildman–Crippen LogP) is 2.62. The molecule has 3 aromatic rings. The van der Waals surface area contributed by atoms with Crippen LogP contribution in [0.2, 0.25) is 0 Å². The van der Waals surface area contributed by atoms with Gasteiger partial charge in [0.15, 0.2) is 5.84 Å². The fourth-order valence-electron chi connectivity index (χ4n) is 1.94. The molecule has 0 fully saturated rings. The number of H-pyrrole nitrogens is 1. The molecule has 0 aliphatic heterocycles. The van der Waals surface area contributed by atoms with E-state index in [4.69, 9.17) is 0 Å². The van der Waals surface area contributed by atoms with Gasteiger partial charge in [-0.25, -0.2) is 4.99 Å². The summed E-state index contributed by atoms with van der Waals surface area (Å²) in [6, 6.07) is 15.1. The van der Waals surface area contributed by atoms with Crippen LogP contribution in [0.5, 0.6) is 0 Å². The summed E-state index contributed by atoms with van der Waals surface area (Å²) in [5, 5.41) is 17.2. The van der Waals surface area contributed by atoms with Crippen molar-refractivity contribution in [3.05, 3.63) is 60.3 Å². The average molecular weight is 252 g/mol. The Hall–Kier alpha value is -2.66. The van der Waals surface area contributed by atoms with Crippen molar-refractivity contribution >= 4 is 22.4 Å². The molecule has 0 aliphatic carbocycles. The van der Waals surface area contributed by atoms with E-state index in [1.165, 1.54) is 0 Å². The summed E-state index contributed by atoms with van der Waals surface area (Å²) in [5.41, 5.74) is 4.51. The highest BCUT2D eigenvalue weighted by atomic mass is 16.5. The molecule has 0 unspecified atom stereocenters. The van der Waals surface area contributed by atoms with Gasteiger partial charge in [-0.3, -0.25) is 15.8 Å². The maximum Gasteiger partial charge on any atom is 0.159 e. The topological polar surface area (TPSA) is 73.3 Å². The number of fused-ring (bicyclic) bond motifs is 1. The number of hydrogen-bond acceptors (Lipinski definition) is 3. The van der Waals surface area contributed by atoms with E-state index in [1.807, 2.05) is 48.5 Å². The largest absolute Gasteiger partial charge is 0.290 e. The first kappa shape index (κ1) is 11.4. The van der Waals surface area contributed by atoms with Crippen molar-refractivity contribution in [1.82, 2.24) is 15.7 Å². The highest BCUT2D eigenvalue weighted by Crippen LogP contribution is 2.18. The molecular formula is C14H12N4O. The molecule has 0 aliphatic rings. The highest BCUT2D eigenvalue weighted by Gasteiger charge is 2.08. The first-order valence-corrected chi connectivity index (χ1v) is 5.85. The van der Waals surface area contributed by atoms with E-state index in [-0.39, 0.29) is 0 Å². The number of aliphatic imine (C=N–C) groups is 1. The number of hydrogen-bond donors (Lipinski definition) is 3. The number of nitrogens with one attached hydrogen (secondary N) is 2. The lowest BCUT2D eigenvalue weighted by Crippen LogP contribution is -2.20. The monoisotopic (exact) mass is 252 g/mol. The third-order valence-corrected chi connectivity index (χ3v) is 2.83. The van der Waals surface area contributed by atoms with Gasteiger partial charge in [0.1, 0.15) is 0 Å². The van der Waals surface area contributed by atoms with Crippen LogP contribution in [0, 0.1) is 0 Å². The molecule has 3 rings (SSSR count). The standard InChI is InChI=1S/C14H12N4O/c19-18-14(16-11-6-2-1-3-7-11)12-8-4-5-10-9-15-17-13(10)12/h1-9,19H,(H,15,17)(H,16,18). The zero-order valence-electron chi connectivity index (χ0n) is 10.0. The zero-order chi connectivity index (χ0) is 13.1. The molecule has 0 spiro atoms. The molecule has 0 radical (unpaired) electrons. The number of rotatable bonds is 2. The fourth-order valence-corrected chi connectivity index (χ4v) is 1.94. The van der Waals surface area contributed by atoms with Crippen LogP contribution in [0.3, 0.4) is 0 Å². The Labute approximate surface area is 109 Å². The van der Waals surface area contributed by atoms with Gasteiger partial charge in [-0.05, 0) is 18.2 Å². The van der Waals surface area contributed by atoms with Crippen LogP contribution in [0.4, 0.5) is 5.69 Å². The van der Waals surface area contributed by atoms with Crippen LogP contribution in [-0.2, 0) is 0 Å². The summed E-state index contributed by atoms with van der Waals surface area (Å²) >= 11 is 0. The fraction of sp³-hybridized carbons (Fsp3) is 0. The Kier molecular flexibility index (Phi) is 2.96. The summed E-state index contributed by atoms with van der Waals surface area (Å²) in [5.74, 6) is 0.376. The quantitative estimate of drug-likeness (QED) is 0.373. The molecular weight excluding hydrogens is 240 g/mol. The molecule has 5 nitrogen and oxygen atoms in total. The van der Waals surface area contributed by atoms with Gasteiger partial charge in [-0.2, -0.15) is 5.10 Å². The van der Waals surface area contributed by atoms with E-state index >= 15 is 0 Å². The summed E-state index contributed by atoms with van der Waals surface area (Å²) < 4.78 is 0. The molecule has 2 aromatic carbocycles. The molecule has 3 N–H and O–H groups in total. The van der Waals surface area contributed by atoms with E-state index in [9.17, 15) is 5.21 Å². The summed E-state index contributed by atoms with van der Waals surface area (Å²) in [6.45, 7) is 0. The molecule has 0 amide bonds. The molecule has 94 valence electrons. The van der Waals surface area contributed by atoms with Gasteiger partial charge in [0.05, 0.1) is 17.4 Å². The molecule has 19 heavy (non-hydrogen) atoms. The highest BCUT2D eigenvalue weighted by molar-refractivity contribution is 6.08. The van der Waals surface area contributed by atoms with Crippen molar-refractivity contribution in [3.8, 4) is 0 Å². The van der Waals surface area contributed by atoms with Crippen LogP contribution in [-0.4, -0.2) is 21.2 Å². The number of amidine groups is 1. The van der Waals surface area contributed by atoms with Crippen molar-refractivity contribution < 1.29 is 5.21 Å². The minimum atomic E-state index is 0.376. The van der Waals surface area contributed by atoms with E-state index in [0.717, 1.165) is 22.2 Å². The summed E-state index contributed by atoms with van der Waals surface area (Å²) in [6.07, 6.45) is 1.73. The second-order valence-corrected chi connectivity index (χ2v) is 4.05. The number of para-hydroxylation sites is 2. The number of aromatic nitrogens is 2. The first-order chi connectivity index (χ1) is 9.38. The molecule has 0 bridgehead atoms. The lowest BCUT2D eigenvalue weighted by atomic mass is 10.1. The van der Waals surface area contributed by atoms with E-state index < -0.39 is 0 Å². The normalized spacial score (nSPS) is 11.7. The van der Waals surface area contributed by atoms with Gasteiger partial charge in [0, 0.05) is 10.9 Å². The lowest BCUT2D eigenvalue weighted by molar-refractivity contribution is 0.235. The first-order valence-electron chi connectivity index (χ1n) is 5.85. The molecule has 0 saturated carbocycles. The van der Waals surface area contributed by atoms with Crippen LogP contribution < -0.4 is 5.48 Å². The Balaban J connectivity index is 2.12. The van der Waals surface area contributed by atoms with Gasteiger partial charge >= 0.3 is 0 Å². The Morgan fingerprint density at radius 2 is 1.95 bits per heavy atom. The van der Waals surface area contributed by atoms with Crippen molar-refractivity contribution in [2.75, 3.05) is 0 Å². The Morgan fingerprint density at radius 1 is 1.11 bits per heavy atom. The van der Waals surface area contributed by atoms with Crippen LogP contribution in [0.25, 0.3) is 10.9 Å². The average Bonchev–Trinajstić information content (AvgIpc) is 2.94. The van der Waals surface area contributed by atoms with Crippen molar-refractivity contribution in [1.29, 1.82) is 0 Å². The molecule has 5 heteroatoms. The number of hydroxylamine groups is 1.